The zero-order valence-corrected chi connectivity index (χ0v) is 44.1. The molecular weight excluding hydrogens is 931 g/mol. The summed E-state index contributed by atoms with van der Waals surface area (Å²) in [5.41, 5.74) is 16.2. The van der Waals surface area contributed by atoms with Gasteiger partial charge < -0.3 is 25.3 Å². The quantitative estimate of drug-likeness (QED) is 0.0544. The Morgan fingerprint density at radius 2 is 1.03 bits per heavy atom. The van der Waals surface area contributed by atoms with Crippen LogP contribution < -0.4 is 29.8 Å². The van der Waals surface area contributed by atoms with E-state index in [9.17, 15) is 4.79 Å². The smallest absolute Gasteiger partial charge is 0.251 e. The average molecular weight is 995 g/mol. The van der Waals surface area contributed by atoms with Gasteiger partial charge in [-0.2, -0.15) is 9.68 Å². The molecule has 0 bridgehead atoms. The molecule has 0 spiro atoms. The molecular formula is C64H64N7O4+. The number of para-hydroxylation sites is 1. The number of benzene rings is 9. The maximum atomic E-state index is 11.5. The number of nitrogens with two attached hydrogens (primary N) is 1. The molecule has 0 atom stereocenters. The third-order valence-electron chi connectivity index (χ3n) is 12.1. The Kier molecular flexibility index (Phi) is 16.9. The van der Waals surface area contributed by atoms with Crippen LogP contribution in [-0.2, 0) is 0 Å². The van der Waals surface area contributed by atoms with Crippen molar-refractivity contribution in [3.05, 3.63) is 205 Å². The SMILES string of the molecule is CC(C)Oc1ccc2ccccc2c1N=Nc1ccccc1.COc1ccc(C(=O)NC(C)C)cc1.Cc1cc2cc3cc(C)c(N=Nc4c(OC(C)C)ccc5ccccc45)cc3[n+](-c3ccccc3)c2cc1N. The number of hydrogen-bond donors (Lipinski definition) is 2. The molecule has 378 valence electrons. The molecule has 0 aliphatic carbocycles. The second-order valence-electron chi connectivity index (χ2n) is 19.0. The highest BCUT2D eigenvalue weighted by molar-refractivity contribution is 5.97. The third-order valence-corrected chi connectivity index (χ3v) is 12.1. The molecule has 3 N–H and O–H groups in total. The van der Waals surface area contributed by atoms with Gasteiger partial charge in [-0.05, 0) is 144 Å². The summed E-state index contributed by atoms with van der Waals surface area (Å²) in [6.07, 6.45) is 0.114. The first-order valence-corrected chi connectivity index (χ1v) is 25.2. The number of aryl methyl sites for hydroxylation is 2. The monoisotopic (exact) mass is 995 g/mol. The van der Waals surface area contributed by atoms with Crippen LogP contribution in [-0.4, -0.2) is 31.3 Å². The van der Waals surface area contributed by atoms with E-state index in [4.69, 9.17) is 30.2 Å². The van der Waals surface area contributed by atoms with E-state index < -0.39 is 0 Å². The molecule has 0 aliphatic heterocycles. The number of pyridine rings is 1. The van der Waals surface area contributed by atoms with Crippen molar-refractivity contribution in [1.29, 1.82) is 0 Å². The molecule has 1 amide bonds. The van der Waals surface area contributed by atoms with Crippen LogP contribution in [0.5, 0.6) is 17.2 Å². The third kappa shape index (κ3) is 13.0. The summed E-state index contributed by atoms with van der Waals surface area (Å²) in [6, 6.07) is 62.4. The molecule has 75 heavy (non-hydrogen) atoms. The van der Waals surface area contributed by atoms with E-state index in [2.05, 4.69) is 112 Å². The number of azo groups is 2. The van der Waals surface area contributed by atoms with E-state index in [0.717, 1.165) is 106 Å². The number of nitrogens with zero attached hydrogens (tertiary/aromatic N) is 5. The summed E-state index contributed by atoms with van der Waals surface area (Å²) in [6.45, 7) is 16.0. The number of carbonyl (C=O) groups excluding carboxylic acids is 1. The van der Waals surface area contributed by atoms with Gasteiger partial charge in [-0.25, -0.2) is 0 Å². The van der Waals surface area contributed by atoms with Crippen LogP contribution in [0.25, 0.3) is 49.0 Å². The van der Waals surface area contributed by atoms with Crippen LogP contribution in [0.15, 0.2) is 209 Å². The van der Waals surface area contributed by atoms with Crippen molar-refractivity contribution in [2.24, 2.45) is 20.5 Å². The average Bonchev–Trinajstić information content (AvgIpc) is 3.40. The van der Waals surface area contributed by atoms with Gasteiger partial charge in [0.2, 0.25) is 16.7 Å². The van der Waals surface area contributed by atoms with E-state index in [-0.39, 0.29) is 24.2 Å². The highest BCUT2D eigenvalue weighted by Gasteiger charge is 2.21. The van der Waals surface area contributed by atoms with Crippen LogP contribution in [0.3, 0.4) is 0 Å². The molecule has 0 saturated heterocycles. The van der Waals surface area contributed by atoms with Crippen molar-refractivity contribution in [2.75, 3.05) is 12.8 Å². The van der Waals surface area contributed by atoms with Crippen molar-refractivity contribution in [2.45, 2.75) is 73.6 Å². The topological polar surface area (TPSA) is 136 Å². The van der Waals surface area contributed by atoms with Gasteiger partial charge in [0.25, 0.3) is 5.91 Å². The molecule has 11 heteroatoms. The van der Waals surface area contributed by atoms with Crippen LogP contribution in [0.4, 0.5) is 28.4 Å². The molecule has 1 aromatic heterocycles. The van der Waals surface area contributed by atoms with E-state index in [1.807, 2.05) is 127 Å². The lowest BCUT2D eigenvalue weighted by atomic mass is 10.0. The number of rotatable bonds is 12. The van der Waals surface area contributed by atoms with Crippen molar-refractivity contribution >= 4 is 77.7 Å². The Bertz CT molecular complexity index is 3650. The van der Waals surface area contributed by atoms with Crippen LogP contribution >= 0.6 is 0 Å². The van der Waals surface area contributed by atoms with Gasteiger partial charge >= 0.3 is 0 Å². The predicted molar refractivity (Wildman–Crippen MR) is 307 cm³/mol. The zero-order chi connectivity index (χ0) is 53.0. The second-order valence-corrected chi connectivity index (χ2v) is 19.0. The molecule has 11 nitrogen and oxygen atoms in total. The maximum Gasteiger partial charge on any atom is 0.251 e. The minimum atomic E-state index is -0.0531. The molecule has 10 rings (SSSR count). The van der Waals surface area contributed by atoms with Gasteiger partial charge in [-0.15, -0.1) is 15.3 Å². The summed E-state index contributed by atoms with van der Waals surface area (Å²) in [5, 5.41) is 27.7. The first-order chi connectivity index (χ1) is 36.3. The van der Waals surface area contributed by atoms with Gasteiger partial charge in [-0.3, -0.25) is 4.79 Å². The molecule has 9 aromatic carbocycles. The largest absolute Gasteiger partial charge is 0.497 e. The van der Waals surface area contributed by atoms with Crippen molar-refractivity contribution in [3.8, 4) is 22.9 Å². The second kappa shape index (κ2) is 24.2. The number of nitrogen functional groups attached to an aromatic ring is 1. The Balaban J connectivity index is 0.000000174. The molecule has 10 aromatic rings. The van der Waals surface area contributed by atoms with Gasteiger partial charge in [0, 0.05) is 63.1 Å². The highest BCUT2D eigenvalue weighted by Crippen LogP contribution is 2.40. The van der Waals surface area contributed by atoms with Gasteiger partial charge in [0.05, 0.1) is 30.7 Å². The number of amides is 1. The molecule has 1 heterocycles. The lowest BCUT2D eigenvalue weighted by molar-refractivity contribution is -0.537. The van der Waals surface area contributed by atoms with E-state index in [1.54, 1.807) is 31.4 Å². The molecule has 0 aliphatic rings. The van der Waals surface area contributed by atoms with Crippen molar-refractivity contribution < 1.29 is 23.6 Å². The number of ether oxygens (including phenoxy) is 3. The number of methoxy groups -OCH3 is 1. The zero-order valence-electron chi connectivity index (χ0n) is 44.1. The molecule has 0 radical (unpaired) electrons. The summed E-state index contributed by atoms with van der Waals surface area (Å²) in [7, 11) is 1.60. The van der Waals surface area contributed by atoms with Gasteiger partial charge in [0.1, 0.15) is 28.6 Å². The standard InChI is InChI=1S/C34H30N4O.C19H18N2O.C11H15NO2/c1-21(2)39-33-15-14-24-10-8-9-13-28(24)34(33)37-36-30-20-32-26(17-23(30)4)18-25-16-22(3)29(35)19-31(25)38(32)27-11-6-5-7-12-27;1-14(2)22-18-13-12-15-8-6-7-11-17(15)19(18)21-20-16-9-4-3-5-10-16;1-8(2)12-11(13)9-4-6-10(14-3)7-5-9/h5-21,35H,1-4H3;3-14H,1-2H3;4-8H,1-3H3,(H,12,13)/p+1. The Morgan fingerprint density at radius 1 is 0.520 bits per heavy atom. The summed E-state index contributed by atoms with van der Waals surface area (Å²) in [4.78, 5) is 11.5. The van der Waals surface area contributed by atoms with Crippen molar-refractivity contribution in [3.63, 3.8) is 0 Å². The molecule has 0 saturated carbocycles. The normalized spacial score (nSPS) is 11.4. The summed E-state index contributed by atoms with van der Waals surface area (Å²) >= 11 is 0. The van der Waals surface area contributed by atoms with Gasteiger partial charge in [0.15, 0.2) is 0 Å². The van der Waals surface area contributed by atoms with E-state index in [0.29, 0.717) is 5.56 Å². The van der Waals surface area contributed by atoms with Crippen LogP contribution in [0.2, 0.25) is 0 Å². The van der Waals surface area contributed by atoms with Gasteiger partial charge in [-0.1, -0.05) is 97.1 Å². The fourth-order valence-electron chi connectivity index (χ4n) is 8.49. The van der Waals surface area contributed by atoms with Crippen LogP contribution in [0.1, 0.15) is 63.0 Å². The lowest BCUT2D eigenvalue weighted by Crippen LogP contribution is -2.32. The first-order valence-electron chi connectivity index (χ1n) is 25.2. The lowest BCUT2D eigenvalue weighted by Gasteiger charge is -2.13. The number of hydrogen-bond acceptors (Lipinski definition) is 9. The first kappa shape index (κ1) is 52.4. The Morgan fingerprint density at radius 3 is 1.57 bits per heavy atom. The number of nitrogens with one attached hydrogen (secondary N) is 1. The number of fused-ring (bicyclic) bond motifs is 4. The van der Waals surface area contributed by atoms with Crippen molar-refractivity contribution in [1.82, 2.24) is 5.32 Å². The number of anilines is 1. The summed E-state index contributed by atoms with van der Waals surface area (Å²) in [5.74, 6) is 2.18. The highest BCUT2D eigenvalue weighted by atomic mass is 16.5. The fraction of sp³-hybridized carbons (Fsp3) is 0.188. The van der Waals surface area contributed by atoms with E-state index >= 15 is 0 Å². The number of aromatic nitrogens is 1. The molecule has 0 fully saturated rings. The Labute approximate surface area is 439 Å². The molecule has 0 unspecified atom stereocenters. The van der Waals surface area contributed by atoms with E-state index in [1.165, 1.54) is 0 Å². The fourth-order valence-corrected chi connectivity index (χ4v) is 8.49. The number of carbonyl (C=O) groups is 1. The summed E-state index contributed by atoms with van der Waals surface area (Å²) < 4.78 is 19.3. The Hall–Kier alpha value is -8.96. The predicted octanol–water partition coefficient (Wildman–Crippen LogP) is 16.7. The van der Waals surface area contributed by atoms with Crippen LogP contribution in [0, 0.1) is 13.8 Å². The minimum Gasteiger partial charge on any atom is -0.497 e. The minimum absolute atomic E-state index is 0.0247. The maximum absolute atomic E-state index is 11.5.